The predicted octanol–water partition coefficient (Wildman–Crippen LogP) is 3.87. The van der Waals surface area contributed by atoms with Crippen molar-refractivity contribution in [1.29, 1.82) is 0 Å². The number of nitrogens with zero attached hydrogens (tertiary/aromatic N) is 2. The average molecular weight is 427 g/mol. The van der Waals surface area contributed by atoms with Crippen LogP contribution in [0.4, 0.5) is 0 Å². The molecule has 0 N–H and O–H groups in total. The summed E-state index contributed by atoms with van der Waals surface area (Å²) in [5.74, 6) is 0.531. The van der Waals surface area contributed by atoms with Crippen molar-refractivity contribution in [3.63, 3.8) is 0 Å². The number of rotatable bonds is 5. The van der Waals surface area contributed by atoms with Crippen LogP contribution in [0.25, 0.3) is 11.0 Å². The second kappa shape index (κ2) is 7.78. The van der Waals surface area contributed by atoms with Gasteiger partial charge in [0.1, 0.15) is 11.3 Å². The number of hydrogen-bond donors (Lipinski definition) is 0. The summed E-state index contributed by atoms with van der Waals surface area (Å²) in [6, 6.07) is 10.2. The van der Waals surface area contributed by atoms with E-state index in [1.54, 1.807) is 24.1 Å². The Bertz CT molecular complexity index is 1180. The van der Waals surface area contributed by atoms with Crippen LogP contribution in [-0.2, 0) is 0 Å². The van der Waals surface area contributed by atoms with E-state index >= 15 is 0 Å². The molecule has 1 unspecified atom stereocenters. The zero-order valence-corrected chi connectivity index (χ0v) is 18.1. The van der Waals surface area contributed by atoms with Gasteiger partial charge in [-0.15, -0.1) is 0 Å². The number of amides is 1. The Morgan fingerprint density at radius 3 is 2.50 bits per heavy atom. The second-order valence-electron chi connectivity index (χ2n) is 7.75. The van der Waals surface area contributed by atoms with Crippen molar-refractivity contribution >= 4 is 28.5 Å². The van der Waals surface area contributed by atoms with Crippen molar-refractivity contribution in [1.82, 2.24) is 9.80 Å². The fraction of sp³-hybridized carbons (Fsp3) is 0.304. The van der Waals surface area contributed by atoms with Crippen LogP contribution >= 0.6 is 11.6 Å². The largest absolute Gasteiger partial charge is 0.497 e. The lowest BCUT2D eigenvalue weighted by molar-refractivity contribution is 0.0716. The van der Waals surface area contributed by atoms with Gasteiger partial charge >= 0.3 is 0 Å². The van der Waals surface area contributed by atoms with Crippen LogP contribution in [0.15, 0.2) is 45.6 Å². The Morgan fingerprint density at radius 1 is 1.17 bits per heavy atom. The summed E-state index contributed by atoms with van der Waals surface area (Å²) in [7, 11) is 5.48. The highest BCUT2D eigenvalue weighted by atomic mass is 35.5. The number of likely N-dealkylation sites (N-methyl/N-ethyl adjacent to an activating group) is 1. The van der Waals surface area contributed by atoms with Gasteiger partial charge < -0.3 is 19.0 Å². The minimum atomic E-state index is -0.529. The maximum atomic E-state index is 13.5. The summed E-state index contributed by atoms with van der Waals surface area (Å²) >= 11 is 6.26. The smallest absolute Gasteiger partial charge is 0.290 e. The number of ether oxygens (including phenoxy) is 1. The molecule has 0 saturated heterocycles. The van der Waals surface area contributed by atoms with Crippen LogP contribution < -0.4 is 10.2 Å². The zero-order valence-electron chi connectivity index (χ0n) is 17.4. The first-order valence-electron chi connectivity index (χ1n) is 9.68. The van der Waals surface area contributed by atoms with Crippen molar-refractivity contribution in [3.8, 4) is 5.75 Å². The summed E-state index contributed by atoms with van der Waals surface area (Å²) in [5, 5.41) is 0.870. The number of methoxy groups -OCH3 is 1. The van der Waals surface area contributed by atoms with Crippen molar-refractivity contribution in [3.05, 3.63) is 74.1 Å². The number of hydrogen-bond acceptors (Lipinski definition) is 5. The summed E-state index contributed by atoms with van der Waals surface area (Å²) < 4.78 is 11.2. The molecule has 156 valence electrons. The monoisotopic (exact) mass is 426 g/mol. The van der Waals surface area contributed by atoms with Crippen LogP contribution in [0.5, 0.6) is 5.75 Å². The maximum Gasteiger partial charge on any atom is 0.290 e. The lowest BCUT2D eigenvalue weighted by Gasteiger charge is -2.26. The molecule has 4 rings (SSSR count). The van der Waals surface area contributed by atoms with E-state index in [2.05, 4.69) is 0 Å². The van der Waals surface area contributed by atoms with Crippen molar-refractivity contribution in [2.24, 2.45) is 0 Å². The molecule has 0 aliphatic carbocycles. The SMILES string of the molecule is COc1ccc(C2c3c(oc4cc(C)c(Cl)cc4c3=O)C(=O)N2CCN(C)C)cc1. The molecule has 1 atom stereocenters. The van der Waals surface area contributed by atoms with E-state index in [0.29, 0.717) is 40.4 Å². The maximum absolute atomic E-state index is 13.5. The number of fused-ring (bicyclic) bond motifs is 2. The van der Waals surface area contributed by atoms with Gasteiger partial charge in [0.15, 0.2) is 5.43 Å². The second-order valence-corrected chi connectivity index (χ2v) is 8.16. The van der Waals surface area contributed by atoms with E-state index in [9.17, 15) is 9.59 Å². The molecule has 3 aromatic rings. The van der Waals surface area contributed by atoms with Gasteiger partial charge in [-0.1, -0.05) is 23.7 Å². The summed E-state index contributed by atoms with van der Waals surface area (Å²) in [5.41, 5.74) is 2.11. The third-order valence-electron chi connectivity index (χ3n) is 5.47. The highest BCUT2D eigenvalue weighted by Crippen LogP contribution is 2.39. The highest BCUT2D eigenvalue weighted by Gasteiger charge is 2.42. The van der Waals surface area contributed by atoms with Gasteiger partial charge in [0.05, 0.1) is 24.1 Å². The first kappa shape index (κ1) is 20.4. The third kappa shape index (κ3) is 3.36. The van der Waals surface area contributed by atoms with E-state index in [0.717, 1.165) is 11.1 Å². The minimum absolute atomic E-state index is 0.105. The van der Waals surface area contributed by atoms with E-state index in [1.807, 2.05) is 50.2 Å². The molecule has 1 amide bonds. The Labute approximate surface area is 179 Å². The van der Waals surface area contributed by atoms with E-state index < -0.39 is 6.04 Å². The molecule has 0 saturated carbocycles. The third-order valence-corrected chi connectivity index (χ3v) is 5.87. The van der Waals surface area contributed by atoms with Gasteiger partial charge in [-0.2, -0.15) is 0 Å². The molecule has 0 spiro atoms. The number of aryl methyl sites for hydroxylation is 1. The fourth-order valence-corrected chi connectivity index (χ4v) is 3.98. The zero-order chi connectivity index (χ0) is 21.6. The number of carbonyl (C=O) groups is 1. The molecular weight excluding hydrogens is 404 g/mol. The molecule has 2 aromatic carbocycles. The Balaban J connectivity index is 1.93. The van der Waals surface area contributed by atoms with Gasteiger partial charge in [-0.25, -0.2) is 0 Å². The molecule has 1 aliphatic heterocycles. The molecular formula is C23H23ClN2O4. The number of carbonyl (C=O) groups excluding carboxylic acids is 1. The average Bonchev–Trinajstić information content (AvgIpc) is 3.00. The van der Waals surface area contributed by atoms with Crippen LogP contribution in [-0.4, -0.2) is 50.0 Å². The van der Waals surface area contributed by atoms with Gasteiger partial charge in [0, 0.05) is 18.1 Å². The quantitative estimate of drug-likeness (QED) is 0.619. The first-order valence-corrected chi connectivity index (χ1v) is 10.1. The molecule has 1 aromatic heterocycles. The summed E-state index contributed by atoms with van der Waals surface area (Å²) in [6.45, 7) is 2.95. The summed E-state index contributed by atoms with van der Waals surface area (Å²) in [4.78, 5) is 30.5. The van der Waals surface area contributed by atoms with Crippen molar-refractivity contribution in [2.45, 2.75) is 13.0 Å². The predicted molar refractivity (Wildman–Crippen MR) is 117 cm³/mol. The van der Waals surface area contributed by atoms with Crippen LogP contribution in [0.3, 0.4) is 0 Å². The van der Waals surface area contributed by atoms with Gasteiger partial charge in [-0.05, 0) is 56.4 Å². The molecule has 1 aliphatic rings. The van der Waals surface area contributed by atoms with Crippen LogP contribution in [0.1, 0.15) is 33.3 Å². The first-order chi connectivity index (χ1) is 14.3. The number of benzene rings is 2. The Kier molecular flexibility index (Phi) is 5.30. The van der Waals surface area contributed by atoms with Crippen LogP contribution in [0.2, 0.25) is 5.02 Å². The molecule has 0 fully saturated rings. The number of halogens is 1. The van der Waals surface area contributed by atoms with Gasteiger partial charge in [-0.3, -0.25) is 9.59 Å². The molecule has 2 heterocycles. The van der Waals surface area contributed by atoms with E-state index in [-0.39, 0.29) is 17.1 Å². The topological polar surface area (TPSA) is 63.0 Å². The standard InChI is InChI=1S/C23H23ClN2O4/c1-13-11-18-16(12-17(13)24)21(27)19-20(14-5-7-15(29-4)8-6-14)26(10-9-25(2)3)23(28)22(19)30-18/h5-8,11-12,20H,9-10H2,1-4H3. The van der Waals surface area contributed by atoms with Crippen molar-refractivity contribution < 1.29 is 13.9 Å². The lowest BCUT2D eigenvalue weighted by atomic mass is 9.98. The Hall–Kier alpha value is -2.83. The summed E-state index contributed by atoms with van der Waals surface area (Å²) in [6.07, 6.45) is 0. The van der Waals surface area contributed by atoms with E-state index in [4.69, 9.17) is 20.8 Å². The normalized spacial score (nSPS) is 15.9. The Morgan fingerprint density at radius 2 is 1.87 bits per heavy atom. The van der Waals surface area contributed by atoms with Crippen LogP contribution in [0, 0.1) is 6.92 Å². The molecule has 6 nitrogen and oxygen atoms in total. The molecule has 30 heavy (non-hydrogen) atoms. The molecule has 7 heteroatoms. The fourth-order valence-electron chi connectivity index (χ4n) is 3.81. The minimum Gasteiger partial charge on any atom is -0.497 e. The van der Waals surface area contributed by atoms with Gasteiger partial charge in [0.2, 0.25) is 5.76 Å². The lowest BCUT2D eigenvalue weighted by Crippen LogP contribution is -2.35. The molecule has 0 radical (unpaired) electrons. The highest BCUT2D eigenvalue weighted by molar-refractivity contribution is 6.32. The van der Waals surface area contributed by atoms with E-state index in [1.165, 1.54) is 0 Å². The molecule has 0 bridgehead atoms. The van der Waals surface area contributed by atoms with Crippen molar-refractivity contribution in [2.75, 3.05) is 34.3 Å². The van der Waals surface area contributed by atoms with Gasteiger partial charge in [0.25, 0.3) is 5.91 Å².